The van der Waals surface area contributed by atoms with Crippen LogP contribution in [0.15, 0.2) is 12.5 Å². The summed E-state index contributed by atoms with van der Waals surface area (Å²) in [6, 6.07) is 0.287. The molecule has 2 rings (SSSR count). The number of fused-ring (bicyclic) bond motifs is 1. The molecule has 1 unspecified atom stereocenters. The highest BCUT2D eigenvalue weighted by atomic mass is 16.1. The van der Waals surface area contributed by atoms with Crippen molar-refractivity contribution in [1.29, 1.82) is 0 Å². The molecule has 0 radical (unpaired) electrons. The Morgan fingerprint density at radius 2 is 2.50 bits per heavy atom. The van der Waals surface area contributed by atoms with Crippen LogP contribution in [0.3, 0.4) is 0 Å². The first-order valence-corrected chi connectivity index (χ1v) is 5.93. The molecule has 4 nitrogen and oxygen atoms in total. The number of rotatable bonds is 3. The Kier molecular flexibility index (Phi) is 3.27. The third-order valence-electron chi connectivity index (χ3n) is 2.93. The Morgan fingerprint density at radius 3 is 3.25 bits per heavy atom. The molecule has 16 heavy (non-hydrogen) atoms. The van der Waals surface area contributed by atoms with Gasteiger partial charge in [-0.3, -0.25) is 4.79 Å². The fraction of sp³-hybridized carbons (Fsp3) is 0.667. The second-order valence-electron chi connectivity index (χ2n) is 4.93. The van der Waals surface area contributed by atoms with Crippen LogP contribution in [0.5, 0.6) is 0 Å². The van der Waals surface area contributed by atoms with Crippen molar-refractivity contribution in [3.05, 3.63) is 18.2 Å². The second-order valence-corrected chi connectivity index (χ2v) is 4.93. The Hall–Kier alpha value is -1.32. The van der Waals surface area contributed by atoms with Crippen molar-refractivity contribution in [2.75, 3.05) is 0 Å². The molecule has 0 fully saturated rings. The van der Waals surface area contributed by atoms with Gasteiger partial charge in [0, 0.05) is 37.3 Å². The summed E-state index contributed by atoms with van der Waals surface area (Å²) < 4.78 is 2.16. The number of hydrogen-bond acceptors (Lipinski definition) is 2. The number of amides is 1. The molecule has 1 aromatic heterocycles. The van der Waals surface area contributed by atoms with Gasteiger partial charge in [0.1, 0.15) is 0 Å². The Bertz CT molecular complexity index is 370. The van der Waals surface area contributed by atoms with E-state index in [0.717, 1.165) is 19.4 Å². The van der Waals surface area contributed by atoms with E-state index in [9.17, 15) is 4.79 Å². The molecule has 0 aromatic carbocycles. The molecule has 2 heterocycles. The third-order valence-corrected chi connectivity index (χ3v) is 2.93. The van der Waals surface area contributed by atoms with Crippen LogP contribution in [0.4, 0.5) is 0 Å². The summed E-state index contributed by atoms with van der Waals surface area (Å²) in [5.41, 5.74) is 1.22. The molecule has 0 spiro atoms. The smallest absolute Gasteiger partial charge is 0.220 e. The fourth-order valence-electron chi connectivity index (χ4n) is 2.15. The van der Waals surface area contributed by atoms with Crippen molar-refractivity contribution in [2.45, 2.75) is 45.7 Å². The average molecular weight is 221 g/mol. The van der Waals surface area contributed by atoms with Crippen molar-refractivity contribution < 1.29 is 4.79 Å². The minimum absolute atomic E-state index is 0.174. The highest BCUT2D eigenvalue weighted by Gasteiger charge is 2.20. The van der Waals surface area contributed by atoms with Gasteiger partial charge < -0.3 is 9.88 Å². The summed E-state index contributed by atoms with van der Waals surface area (Å²) in [7, 11) is 0. The topological polar surface area (TPSA) is 46.9 Å². The molecule has 88 valence electrons. The molecule has 1 aliphatic heterocycles. The number of hydrogen-bond donors (Lipinski definition) is 1. The Labute approximate surface area is 96.1 Å². The van der Waals surface area contributed by atoms with E-state index in [2.05, 4.69) is 28.7 Å². The van der Waals surface area contributed by atoms with Crippen LogP contribution < -0.4 is 5.32 Å². The van der Waals surface area contributed by atoms with Crippen molar-refractivity contribution in [3.63, 3.8) is 0 Å². The molecule has 4 heteroatoms. The zero-order chi connectivity index (χ0) is 11.5. The van der Waals surface area contributed by atoms with Gasteiger partial charge in [-0.15, -0.1) is 0 Å². The third kappa shape index (κ3) is 2.62. The number of nitrogens with zero attached hydrogens (tertiary/aromatic N) is 2. The molecule has 0 saturated heterocycles. The lowest BCUT2D eigenvalue weighted by molar-refractivity contribution is -0.122. The summed E-state index contributed by atoms with van der Waals surface area (Å²) in [4.78, 5) is 15.8. The lowest BCUT2D eigenvalue weighted by Gasteiger charge is -2.25. The summed E-state index contributed by atoms with van der Waals surface area (Å²) in [5.74, 6) is 0.599. The van der Waals surface area contributed by atoms with Gasteiger partial charge in [-0.1, -0.05) is 13.8 Å². The number of carbonyl (C=O) groups excluding carboxylic acids is 1. The average Bonchev–Trinajstić information content (AvgIpc) is 2.63. The van der Waals surface area contributed by atoms with Gasteiger partial charge in [0.15, 0.2) is 0 Å². The quantitative estimate of drug-likeness (QED) is 0.837. The van der Waals surface area contributed by atoms with Crippen LogP contribution in [0.25, 0.3) is 0 Å². The molecule has 1 aromatic rings. The number of nitrogens with one attached hydrogen (secondary N) is 1. The molecule has 1 aliphatic rings. The lowest BCUT2D eigenvalue weighted by Crippen LogP contribution is -2.40. The molecule has 0 saturated carbocycles. The lowest BCUT2D eigenvalue weighted by atomic mass is 10.0. The van der Waals surface area contributed by atoms with E-state index in [1.54, 1.807) is 0 Å². The summed E-state index contributed by atoms with van der Waals surface area (Å²) in [6.45, 7) is 5.09. The number of aryl methyl sites for hydroxylation is 1. The van der Waals surface area contributed by atoms with Gasteiger partial charge in [0.05, 0.1) is 6.33 Å². The van der Waals surface area contributed by atoms with E-state index in [1.165, 1.54) is 5.69 Å². The van der Waals surface area contributed by atoms with Gasteiger partial charge in [-0.2, -0.15) is 0 Å². The summed E-state index contributed by atoms with van der Waals surface area (Å²) >= 11 is 0. The molecule has 0 aliphatic carbocycles. The largest absolute Gasteiger partial charge is 0.353 e. The molecule has 1 N–H and O–H groups in total. The Balaban J connectivity index is 1.87. The van der Waals surface area contributed by atoms with Crippen LogP contribution >= 0.6 is 0 Å². The highest BCUT2D eigenvalue weighted by Crippen LogP contribution is 2.14. The maximum atomic E-state index is 11.6. The van der Waals surface area contributed by atoms with E-state index in [4.69, 9.17) is 0 Å². The van der Waals surface area contributed by atoms with Gasteiger partial charge in [-0.05, 0) is 12.3 Å². The van der Waals surface area contributed by atoms with Crippen molar-refractivity contribution in [1.82, 2.24) is 14.9 Å². The van der Waals surface area contributed by atoms with Crippen LogP contribution in [0.2, 0.25) is 0 Å². The van der Waals surface area contributed by atoms with Crippen molar-refractivity contribution in [2.24, 2.45) is 5.92 Å². The Morgan fingerprint density at radius 1 is 1.69 bits per heavy atom. The second kappa shape index (κ2) is 4.68. The normalized spacial score (nSPS) is 19.6. The van der Waals surface area contributed by atoms with E-state index in [-0.39, 0.29) is 11.9 Å². The van der Waals surface area contributed by atoms with Crippen molar-refractivity contribution in [3.8, 4) is 0 Å². The number of imidazole rings is 1. The minimum atomic E-state index is 0.174. The van der Waals surface area contributed by atoms with E-state index >= 15 is 0 Å². The first kappa shape index (κ1) is 11.2. The molecular weight excluding hydrogens is 202 g/mol. The van der Waals surface area contributed by atoms with Crippen LogP contribution in [0.1, 0.15) is 32.4 Å². The molecular formula is C12H19N3O. The number of carbonyl (C=O) groups is 1. The van der Waals surface area contributed by atoms with E-state index in [1.807, 2.05) is 12.5 Å². The number of aromatic nitrogens is 2. The van der Waals surface area contributed by atoms with Crippen LogP contribution in [-0.4, -0.2) is 21.5 Å². The standard InChI is InChI=1S/C12H19N3O/c1-9(2)5-12(16)14-10-3-4-15-8-13-7-11(15)6-10/h7-10H,3-6H2,1-2H3,(H,14,16). The predicted molar refractivity (Wildman–Crippen MR) is 61.9 cm³/mol. The SMILES string of the molecule is CC(C)CC(=O)NC1CCn2cncc2C1. The maximum absolute atomic E-state index is 11.6. The van der Waals surface area contributed by atoms with Gasteiger partial charge in [-0.25, -0.2) is 4.98 Å². The van der Waals surface area contributed by atoms with Crippen molar-refractivity contribution >= 4 is 5.91 Å². The first-order valence-electron chi connectivity index (χ1n) is 5.93. The summed E-state index contributed by atoms with van der Waals surface area (Å²) in [6.07, 6.45) is 6.29. The predicted octanol–water partition coefficient (Wildman–Crippen LogP) is 1.36. The van der Waals surface area contributed by atoms with Crippen LogP contribution in [-0.2, 0) is 17.8 Å². The van der Waals surface area contributed by atoms with Gasteiger partial charge in [0.25, 0.3) is 0 Å². The van der Waals surface area contributed by atoms with E-state index in [0.29, 0.717) is 12.3 Å². The van der Waals surface area contributed by atoms with Gasteiger partial charge >= 0.3 is 0 Å². The zero-order valence-corrected chi connectivity index (χ0v) is 9.94. The fourth-order valence-corrected chi connectivity index (χ4v) is 2.15. The molecule has 0 bridgehead atoms. The van der Waals surface area contributed by atoms with Gasteiger partial charge in [0.2, 0.25) is 5.91 Å². The van der Waals surface area contributed by atoms with Crippen LogP contribution in [0, 0.1) is 5.92 Å². The zero-order valence-electron chi connectivity index (χ0n) is 9.94. The van der Waals surface area contributed by atoms with E-state index < -0.39 is 0 Å². The monoisotopic (exact) mass is 221 g/mol. The maximum Gasteiger partial charge on any atom is 0.220 e. The molecule has 1 amide bonds. The minimum Gasteiger partial charge on any atom is -0.353 e. The highest BCUT2D eigenvalue weighted by molar-refractivity contribution is 5.76. The summed E-state index contributed by atoms with van der Waals surface area (Å²) in [5, 5.41) is 3.10. The molecule has 1 atom stereocenters. The first-order chi connectivity index (χ1) is 7.65.